The molecule has 7 nitrogen and oxygen atoms in total. The summed E-state index contributed by atoms with van der Waals surface area (Å²) in [7, 11) is -4.01. The molecule has 0 aliphatic rings. The number of aromatic nitrogens is 1. The van der Waals surface area contributed by atoms with Crippen molar-refractivity contribution in [3.63, 3.8) is 0 Å². The van der Waals surface area contributed by atoms with Gasteiger partial charge in [-0.05, 0) is 86.8 Å². The van der Waals surface area contributed by atoms with Crippen LogP contribution < -0.4 is 9.73 Å². The third-order valence-corrected chi connectivity index (χ3v) is 9.01. The van der Waals surface area contributed by atoms with Crippen molar-refractivity contribution in [1.29, 1.82) is 0 Å². The lowest BCUT2D eigenvalue weighted by Gasteiger charge is -2.24. The maximum Gasteiger partial charge on any atom is 0.264 e. The van der Waals surface area contributed by atoms with E-state index in [-0.39, 0.29) is 4.90 Å². The van der Waals surface area contributed by atoms with Crippen LogP contribution in [0, 0.1) is 20.8 Å². The molecule has 1 aromatic heterocycles. The van der Waals surface area contributed by atoms with Crippen LogP contribution in [0.5, 0.6) is 0 Å². The molecule has 0 aliphatic heterocycles. The molecule has 0 bridgehead atoms. The third kappa shape index (κ3) is 6.54. The Bertz CT molecular complexity index is 1620. The molecule has 0 radical (unpaired) electrons. The van der Waals surface area contributed by atoms with Gasteiger partial charge in [-0.3, -0.25) is 9.10 Å². The Morgan fingerprint density at radius 1 is 0.975 bits per heavy atom. The van der Waals surface area contributed by atoms with Crippen LogP contribution in [0.1, 0.15) is 47.8 Å². The molecule has 1 N–H and O–H groups in total. The fraction of sp³-hybridized carbons (Fsp3) is 0.226. The first-order valence-electron chi connectivity index (χ1n) is 12.9. The Balaban J connectivity index is 1.56. The number of amides is 1. The lowest BCUT2D eigenvalue weighted by atomic mass is 10.0. The molecule has 1 heterocycles. The summed E-state index contributed by atoms with van der Waals surface area (Å²) in [5.41, 5.74) is 8.77. The average Bonchev–Trinajstić information content (AvgIpc) is 3.20. The van der Waals surface area contributed by atoms with E-state index in [0.29, 0.717) is 11.6 Å². The Morgan fingerprint density at radius 2 is 1.60 bits per heavy atom. The average molecular weight is 622 g/mol. The van der Waals surface area contributed by atoms with E-state index in [1.165, 1.54) is 0 Å². The minimum absolute atomic E-state index is 0.114. The van der Waals surface area contributed by atoms with E-state index < -0.39 is 22.5 Å². The number of carbonyl (C=O) groups is 1. The van der Waals surface area contributed by atoms with Gasteiger partial charge < -0.3 is 4.57 Å². The van der Waals surface area contributed by atoms with Crippen LogP contribution in [0.3, 0.4) is 0 Å². The summed E-state index contributed by atoms with van der Waals surface area (Å²) >= 11 is 3.46. The highest BCUT2D eigenvalue weighted by Crippen LogP contribution is 2.26. The SMILES string of the molecule is Cc1ccc(S(=O)(=O)N(CC(=O)N/N=C\c2cc(C)n(-c3ccc(Br)cc3)c2C)c2ccc(C(C)C)cc2)cc1. The number of aryl methyl sites for hydroxylation is 2. The lowest BCUT2D eigenvalue weighted by molar-refractivity contribution is -0.119. The zero-order valence-corrected chi connectivity index (χ0v) is 25.6. The molecule has 9 heteroatoms. The van der Waals surface area contributed by atoms with Gasteiger partial charge in [-0.1, -0.05) is 59.6 Å². The Labute approximate surface area is 244 Å². The molecule has 4 aromatic rings. The number of hydrogen-bond acceptors (Lipinski definition) is 4. The number of hydrogen-bond donors (Lipinski definition) is 1. The van der Waals surface area contributed by atoms with E-state index in [9.17, 15) is 13.2 Å². The second-order valence-electron chi connectivity index (χ2n) is 10.0. The monoisotopic (exact) mass is 620 g/mol. The molecule has 0 fully saturated rings. The molecule has 0 spiro atoms. The van der Waals surface area contributed by atoms with Crippen molar-refractivity contribution in [3.8, 4) is 5.69 Å². The fourth-order valence-corrected chi connectivity index (χ4v) is 6.11. The normalized spacial score (nSPS) is 11.8. The van der Waals surface area contributed by atoms with Crippen LogP contribution in [0.2, 0.25) is 0 Å². The van der Waals surface area contributed by atoms with Crippen molar-refractivity contribution in [2.45, 2.75) is 45.4 Å². The Hall–Kier alpha value is -3.69. The number of hydrazone groups is 1. The van der Waals surface area contributed by atoms with E-state index in [0.717, 1.165) is 42.5 Å². The molecule has 4 rings (SSSR count). The first kappa shape index (κ1) is 29.3. The summed E-state index contributed by atoms with van der Waals surface area (Å²) in [6, 6.07) is 23.8. The zero-order chi connectivity index (χ0) is 29.0. The summed E-state index contributed by atoms with van der Waals surface area (Å²) in [5.74, 6) is -0.263. The Morgan fingerprint density at radius 3 is 2.20 bits per heavy atom. The summed E-state index contributed by atoms with van der Waals surface area (Å²) in [5, 5.41) is 4.15. The van der Waals surface area contributed by atoms with Crippen molar-refractivity contribution in [2.24, 2.45) is 5.10 Å². The van der Waals surface area contributed by atoms with Crippen molar-refractivity contribution < 1.29 is 13.2 Å². The van der Waals surface area contributed by atoms with Gasteiger partial charge in [0.05, 0.1) is 16.8 Å². The van der Waals surface area contributed by atoms with Crippen molar-refractivity contribution in [2.75, 3.05) is 10.8 Å². The second kappa shape index (κ2) is 12.2. The van der Waals surface area contributed by atoms with E-state index >= 15 is 0 Å². The minimum atomic E-state index is -4.01. The summed E-state index contributed by atoms with van der Waals surface area (Å²) in [6.07, 6.45) is 1.58. The van der Waals surface area contributed by atoms with E-state index in [4.69, 9.17) is 0 Å². The predicted octanol–water partition coefficient (Wildman–Crippen LogP) is 6.63. The molecule has 0 saturated carbocycles. The number of rotatable bonds is 9. The number of benzene rings is 3. The molecule has 3 aromatic carbocycles. The summed E-state index contributed by atoms with van der Waals surface area (Å²) in [4.78, 5) is 13.1. The van der Waals surface area contributed by atoms with Gasteiger partial charge in [0.15, 0.2) is 0 Å². The smallest absolute Gasteiger partial charge is 0.264 e. The largest absolute Gasteiger partial charge is 0.318 e. The maximum absolute atomic E-state index is 13.6. The molecular formula is C31H33BrN4O3S. The summed E-state index contributed by atoms with van der Waals surface area (Å²) in [6.45, 7) is 9.58. The quantitative estimate of drug-likeness (QED) is 0.168. The van der Waals surface area contributed by atoms with Gasteiger partial charge in [0.1, 0.15) is 6.54 Å². The van der Waals surface area contributed by atoms with Crippen LogP contribution in [0.4, 0.5) is 5.69 Å². The Kier molecular flexibility index (Phi) is 8.95. The molecule has 40 heavy (non-hydrogen) atoms. The first-order chi connectivity index (χ1) is 19.0. The highest BCUT2D eigenvalue weighted by Gasteiger charge is 2.27. The molecular weight excluding hydrogens is 588 g/mol. The van der Waals surface area contributed by atoms with E-state index in [1.807, 2.05) is 63.2 Å². The molecule has 208 valence electrons. The number of nitrogens with zero attached hydrogens (tertiary/aromatic N) is 3. The van der Waals surface area contributed by atoms with Gasteiger partial charge in [-0.25, -0.2) is 13.8 Å². The number of halogens is 1. The van der Waals surface area contributed by atoms with Gasteiger partial charge in [0.2, 0.25) is 0 Å². The number of sulfonamides is 1. The third-order valence-electron chi connectivity index (χ3n) is 6.69. The van der Waals surface area contributed by atoms with Gasteiger partial charge in [-0.2, -0.15) is 5.10 Å². The van der Waals surface area contributed by atoms with Crippen molar-refractivity contribution >= 4 is 43.8 Å². The zero-order valence-electron chi connectivity index (χ0n) is 23.2. The predicted molar refractivity (Wildman–Crippen MR) is 165 cm³/mol. The van der Waals surface area contributed by atoms with Crippen LogP contribution in [-0.4, -0.2) is 31.7 Å². The van der Waals surface area contributed by atoms with Crippen LogP contribution in [0.25, 0.3) is 5.69 Å². The molecule has 1 amide bonds. The van der Waals surface area contributed by atoms with Crippen molar-refractivity contribution in [1.82, 2.24) is 9.99 Å². The second-order valence-corrected chi connectivity index (χ2v) is 12.8. The number of anilines is 1. The van der Waals surface area contributed by atoms with Crippen molar-refractivity contribution in [3.05, 3.63) is 111 Å². The fourth-order valence-electron chi connectivity index (χ4n) is 4.42. The lowest BCUT2D eigenvalue weighted by Crippen LogP contribution is -2.39. The van der Waals surface area contributed by atoms with Gasteiger partial charge in [0, 0.05) is 27.1 Å². The molecule has 0 saturated heterocycles. The topological polar surface area (TPSA) is 83.8 Å². The standard InChI is InChI=1S/C31H33BrN4O3S/c1-21(2)25-8-12-28(13-9-25)35(40(38,39)30-16-6-22(3)7-17-30)20-31(37)34-33-19-26-18-23(4)36(24(26)5)29-14-10-27(32)11-15-29/h6-19,21H,20H2,1-5H3,(H,34,37)/b33-19-. The van der Waals surface area contributed by atoms with Gasteiger partial charge in [0.25, 0.3) is 15.9 Å². The van der Waals surface area contributed by atoms with Crippen LogP contribution >= 0.6 is 15.9 Å². The van der Waals surface area contributed by atoms with Crippen LogP contribution in [-0.2, 0) is 14.8 Å². The number of nitrogens with one attached hydrogen (secondary N) is 1. The highest BCUT2D eigenvalue weighted by atomic mass is 79.9. The van der Waals surface area contributed by atoms with E-state index in [1.54, 1.807) is 42.6 Å². The summed E-state index contributed by atoms with van der Waals surface area (Å²) < 4.78 is 31.5. The highest BCUT2D eigenvalue weighted by molar-refractivity contribution is 9.10. The minimum Gasteiger partial charge on any atom is -0.318 e. The number of carbonyl (C=O) groups excluding carboxylic acids is 1. The van der Waals surface area contributed by atoms with Gasteiger partial charge in [-0.15, -0.1) is 0 Å². The maximum atomic E-state index is 13.6. The molecule has 0 atom stereocenters. The first-order valence-corrected chi connectivity index (χ1v) is 15.2. The van der Waals surface area contributed by atoms with Gasteiger partial charge >= 0.3 is 0 Å². The molecule has 0 unspecified atom stereocenters. The molecule has 0 aliphatic carbocycles. The van der Waals surface area contributed by atoms with Crippen LogP contribution in [0.15, 0.2) is 93.3 Å². The van der Waals surface area contributed by atoms with E-state index in [2.05, 4.69) is 44.9 Å².